The van der Waals surface area contributed by atoms with E-state index in [1.165, 1.54) is 24.3 Å². The zero-order valence-corrected chi connectivity index (χ0v) is 18.1. The zero-order chi connectivity index (χ0) is 26.0. The molecule has 0 aliphatic rings. The Balaban J connectivity index is 2.31. The molecule has 2 unspecified atom stereocenters. The van der Waals surface area contributed by atoms with E-state index in [-0.39, 0.29) is 29.9 Å². The average Bonchev–Trinajstić information content (AvgIpc) is 2.72. The van der Waals surface area contributed by atoms with E-state index in [1.807, 2.05) is 0 Å². The lowest BCUT2D eigenvalue weighted by atomic mass is 9.95. The van der Waals surface area contributed by atoms with Crippen molar-refractivity contribution in [3.8, 4) is 5.75 Å². The minimum absolute atomic E-state index is 0.0146. The Labute approximate surface area is 187 Å². The predicted octanol–water partition coefficient (Wildman–Crippen LogP) is 7.65. The molecule has 0 radical (unpaired) electrons. The lowest BCUT2D eigenvalue weighted by Gasteiger charge is -2.34. The van der Waals surface area contributed by atoms with E-state index in [0.29, 0.717) is 18.6 Å². The van der Waals surface area contributed by atoms with Gasteiger partial charge in [0.15, 0.2) is 0 Å². The third kappa shape index (κ3) is 5.69. The Kier molecular flexibility index (Phi) is 8.06. The summed E-state index contributed by atoms with van der Waals surface area (Å²) in [6.07, 6.45) is -7.88. The largest absolute Gasteiger partial charge is 0.528 e. The summed E-state index contributed by atoms with van der Waals surface area (Å²) in [6, 6.07) is 9.07. The van der Waals surface area contributed by atoms with Gasteiger partial charge in [-0.2, -0.15) is 39.5 Å². The van der Waals surface area contributed by atoms with Crippen molar-refractivity contribution >= 4 is 7.82 Å². The van der Waals surface area contributed by atoms with Crippen molar-refractivity contribution in [2.75, 3.05) is 0 Å². The molecule has 2 aromatic rings. The second kappa shape index (κ2) is 9.79. The van der Waals surface area contributed by atoms with Crippen LogP contribution in [0.3, 0.4) is 0 Å². The van der Waals surface area contributed by atoms with Crippen LogP contribution in [0, 0.1) is 0 Å². The van der Waals surface area contributed by atoms with Crippen LogP contribution in [-0.2, 0) is 15.0 Å². The van der Waals surface area contributed by atoms with Crippen LogP contribution < -0.4 is 4.52 Å². The van der Waals surface area contributed by atoms with Gasteiger partial charge in [0.1, 0.15) is 5.75 Å². The maximum absolute atomic E-state index is 14.1. The summed E-state index contributed by atoms with van der Waals surface area (Å²) >= 11 is 0. The van der Waals surface area contributed by atoms with E-state index in [9.17, 15) is 49.0 Å². The molecule has 0 aliphatic carbocycles. The molecule has 4 nitrogen and oxygen atoms in total. The number of hydrogen-bond acceptors (Lipinski definition) is 3. The van der Waals surface area contributed by atoms with Crippen LogP contribution in [-0.4, -0.2) is 22.9 Å². The van der Waals surface area contributed by atoms with E-state index in [1.54, 1.807) is 13.0 Å². The van der Waals surface area contributed by atoms with Gasteiger partial charge in [-0.3, -0.25) is 9.42 Å². The molecule has 0 aliphatic heterocycles. The van der Waals surface area contributed by atoms with Crippen molar-refractivity contribution in [3.05, 3.63) is 65.7 Å². The molecule has 0 amide bonds. The van der Waals surface area contributed by atoms with Gasteiger partial charge in [0.2, 0.25) is 0 Å². The zero-order valence-electron chi connectivity index (χ0n) is 17.2. The van der Waals surface area contributed by atoms with Crippen LogP contribution in [0.15, 0.2) is 54.6 Å². The molecule has 0 heterocycles. The van der Waals surface area contributed by atoms with Crippen molar-refractivity contribution in [1.82, 2.24) is 0 Å². The molecule has 2 aromatic carbocycles. The monoisotopic (exact) mass is 524 g/mol. The maximum atomic E-state index is 14.1. The van der Waals surface area contributed by atoms with E-state index in [0.717, 1.165) is 0 Å². The first-order valence-electron chi connectivity index (χ1n) is 9.52. The van der Waals surface area contributed by atoms with Crippen LogP contribution in [0.25, 0.3) is 0 Å². The van der Waals surface area contributed by atoms with Crippen LogP contribution >= 0.6 is 7.82 Å². The minimum atomic E-state index is -7.02. The highest BCUT2D eigenvalue weighted by Crippen LogP contribution is 2.57. The number of halogens is 9. The highest BCUT2D eigenvalue weighted by molar-refractivity contribution is 7.47. The van der Waals surface area contributed by atoms with Crippen molar-refractivity contribution in [2.45, 2.75) is 49.8 Å². The Morgan fingerprint density at radius 3 is 1.85 bits per heavy atom. The van der Waals surface area contributed by atoms with Crippen LogP contribution in [0.5, 0.6) is 5.75 Å². The fourth-order valence-electron chi connectivity index (χ4n) is 2.80. The van der Waals surface area contributed by atoms with Gasteiger partial charge in [0, 0.05) is 5.56 Å². The number of para-hydroxylation sites is 1. The average molecular weight is 524 g/mol. The molecule has 1 N–H and O–H groups in total. The van der Waals surface area contributed by atoms with Gasteiger partial charge >= 0.3 is 31.8 Å². The second-order valence-corrected chi connectivity index (χ2v) is 8.43. The Bertz CT molecular complexity index is 995. The molecular weight excluding hydrogens is 506 g/mol. The molecule has 0 aromatic heterocycles. The lowest BCUT2D eigenvalue weighted by molar-refractivity contribution is -0.399. The Hall–Kier alpha value is -2.24. The molecule has 190 valence electrons. The smallest absolute Gasteiger partial charge is 0.404 e. The number of hydrogen-bond donors (Lipinski definition) is 1. The normalized spacial score (nSPS) is 16.1. The van der Waals surface area contributed by atoms with Crippen molar-refractivity contribution in [1.29, 1.82) is 0 Å². The van der Waals surface area contributed by atoms with Gasteiger partial charge < -0.3 is 4.52 Å². The first-order chi connectivity index (χ1) is 15.5. The number of rotatable bonds is 10. The molecular formula is C20H18F9O4P. The predicted molar refractivity (Wildman–Crippen MR) is 102 cm³/mol. The second-order valence-electron chi connectivity index (χ2n) is 7.10. The van der Waals surface area contributed by atoms with Crippen LogP contribution in [0.4, 0.5) is 39.5 Å². The van der Waals surface area contributed by atoms with Crippen molar-refractivity contribution in [3.63, 3.8) is 0 Å². The summed E-state index contributed by atoms with van der Waals surface area (Å²) in [5, 5.41) is 0. The molecule has 0 spiro atoms. The quantitative estimate of drug-likeness (QED) is 0.256. The summed E-state index contributed by atoms with van der Waals surface area (Å²) < 4.78 is 141. The van der Waals surface area contributed by atoms with E-state index < -0.39 is 43.4 Å². The highest BCUT2D eigenvalue weighted by Gasteiger charge is 2.82. The summed E-state index contributed by atoms with van der Waals surface area (Å²) in [6.45, 7) is 1.62. The van der Waals surface area contributed by atoms with Crippen molar-refractivity contribution < 1.29 is 58.0 Å². The fraction of sp³-hybridized carbons (Fsp3) is 0.400. The summed E-state index contributed by atoms with van der Waals surface area (Å²) in [7, 11) is -4.77. The van der Waals surface area contributed by atoms with Gasteiger partial charge in [0.05, 0.1) is 6.10 Å². The third-order valence-corrected chi connectivity index (χ3v) is 5.53. The number of phosphoric acid groups is 1. The molecule has 2 rings (SSSR count). The van der Waals surface area contributed by atoms with Gasteiger partial charge in [-0.25, -0.2) is 4.57 Å². The summed E-state index contributed by atoms with van der Waals surface area (Å²) in [5.74, 6) is -19.8. The number of benzene rings is 2. The molecule has 0 saturated carbocycles. The summed E-state index contributed by atoms with van der Waals surface area (Å²) in [4.78, 5) is 9.98. The topological polar surface area (TPSA) is 55.8 Å². The standard InChI is InChI=1S/C20H18F9O4P/c1-2-6-16(33-34(30,31)32-15-7-4-3-5-8-15)13-9-11-14(12-10-13)17(21,22)18(23,24)19(25,26)20(27,28)29/h3-5,7-12,16H,2,6H2,1H3,(H,30,31). The third-order valence-electron chi connectivity index (χ3n) is 4.57. The van der Waals surface area contributed by atoms with Crippen molar-refractivity contribution in [2.24, 2.45) is 0 Å². The maximum Gasteiger partial charge on any atom is 0.528 e. The summed E-state index contributed by atoms with van der Waals surface area (Å²) in [5.41, 5.74) is -1.94. The van der Waals surface area contributed by atoms with E-state index in [2.05, 4.69) is 0 Å². The van der Waals surface area contributed by atoms with Crippen LogP contribution in [0.1, 0.15) is 37.0 Å². The van der Waals surface area contributed by atoms with E-state index >= 15 is 0 Å². The highest BCUT2D eigenvalue weighted by atomic mass is 31.2. The lowest BCUT2D eigenvalue weighted by Crippen LogP contribution is -2.59. The molecule has 0 fully saturated rings. The van der Waals surface area contributed by atoms with Gasteiger partial charge in [-0.05, 0) is 24.1 Å². The molecule has 14 heteroatoms. The van der Waals surface area contributed by atoms with Gasteiger partial charge in [-0.15, -0.1) is 0 Å². The van der Waals surface area contributed by atoms with E-state index in [4.69, 9.17) is 9.05 Å². The number of phosphoric ester groups is 1. The Morgan fingerprint density at radius 2 is 1.38 bits per heavy atom. The Morgan fingerprint density at radius 1 is 0.853 bits per heavy atom. The van der Waals surface area contributed by atoms with Gasteiger partial charge in [0.25, 0.3) is 0 Å². The SMILES string of the molecule is CCCC(OP(=O)(O)Oc1ccccc1)c1ccc(C(F)(F)C(F)(F)C(F)(F)C(F)(F)F)cc1. The fourth-order valence-corrected chi connectivity index (χ4v) is 3.78. The molecule has 0 saturated heterocycles. The first-order valence-corrected chi connectivity index (χ1v) is 11.0. The molecule has 2 atom stereocenters. The minimum Gasteiger partial charge on any atom is -0.404 e. The first kappa shape index (κ1) is 28.0. The number of alkyl halides is 9. The molecule has 34 heavy (non-hydrogen) atoms. The van der Waals surface area contributed by atoms with Gasteiger partial charge in [-0.1, -0.05) is 55.8 Å². The molecule has 0 bridgehead atoms. The van der Waals surface area contributed by atoms with Crippen LogP contribution in [0.2, 0.25) is 0 Å².